The van der Waals surface area contributed by atoms with Gasteiger partial charge in [-0.05, 0) is 49.2 Å². The third-order valence-electron chi connectivity index (χ3n) is 3.95. The molecule has 28 heavy (non-hydrogen) atoms. The van der Waals surface area contributed by atoms with Gasteiger partial charge in [0, 0.05) is 18.3 Å². The smallest absolute Gasteiger partial charge is 0.270 e. The van der Waals surface area contributed by atoms with E-state index in [1.807, 2.05) is 0 Å². The van der Waals surface area contributed by atoms with Crippen LogP contribution in [0.1, 0.15) is 27.4 Å². The largest absolute Gasteiger partial charge is 0.350 e. The summed E-state index contributed by atoms with van der Waals surface area (Å²) in [6.45, 7) is 2.10. The van der Waals surface area contributed by atoms with E-state index in [0.717, 1.165) is 5.56 Å². The van der Waals surface area contributed by atoms with Gasteiger partial charge in [0.25, 0.3) is 5.91 Å². The van der Waals surface area contributed by atoms with E-state index in [2.05, 4.69) is 26.7 Å². The lowest BCUT2D eigenvalue weighted by Crippen LogP contribution is -2.27. The molecule has 0 saturated carbocycles. The molecule has 2 N–H and O–H groups in total. The van der Waals surface area contributed by atoms with E-state index < -0.39 is 0 Å². The molecular weight excluding hydrogens is 357 g/mol. The van der Waals surface area contributed by atoms with Crippen LogP contribution in [0, 0.1) is 24.1 Å². The number of hydrogen-bond acceptors (Lipinski definition) is 5. The number of aromatic nitrogens is 2. The minimum Gasteiger partial charge on any atom is -0.350 e. The number of nitriles is 1. The van der Waals surface area contributed by atoms with Gasteiger partial charge in [-0.1, -0.05) is 18.2 Å². The summed E-state index contributed by atoms with van der Waals surface area (Å²) < 4.78 is 12.9. The molecule has 0 bridgehead atoms. The third-order valence-corrected chi connectivity index (χ3v) is 3.95. The standard InChI is InChI=1S/C21H18FN5O/c1-14-25-19(21(28)24-10-9-15-5-7-17(22)8-6-15)12-20(26-14)27-18-4-2-3-16(11-18)13-23/h2-8,11-12H,9-10H2,1H3,(H,24,28)(H,25,26,27). The number of halogens is 1. The quantitative estimate of drug-likeness (QED) is 0.688. The van der Waals surface area contributed by atoms with Crippen molar-refractivity contribution in [3.8, 4) is 6.07 Å². The Balaban J connectivity index is 1.65. The van der Waals surface area contributed by atoms with E-state index in [-0.39, 0.29) is 17.4 Å². The number of nitrogens with zero attached hydrogens (tertiary/aromatic N) is 3. The van der Waals surface area contributed by atoms with Gasteiger partial charge in [0.1, 0.15) is 23.2 Å². The van der Waals surface area contributed by atoms with E-state index in [9.17, 15) is 9.18 Å². The van der Waals surface area contributed by atoms with Crippen LogP contribution in [-0.2, 0) is 6.42 Å². The van der Waals surface area contributed by atoms with Crippen molar-refractivity contribution >= 4 is 17.4 Å². The Morgan fingerprint density at radius 3 is 2.68 bits per heavy atom. The van der Waals surface area contributed by atoms with E-state index in [0.29, 0.717) is 35.9 Å². The molecule has 0 fully saturated rings. The van der Waals surface area contributed by atoms with Crippen molar-refractivity contribution in [3.63, 3.8) is 0 Å². The maximum atomic E-state index is 12.9. The first-order chi connectivity index (χ1) is 13.5. The fourth-order valence-corrected chi connectivity index (χ4v) is 2.62. The first-order valence-corrected chi connectivity index (χ1v) is 8.69. The Bertz CT molecular complexity index is 1030. The number of hydrogen-bond donors (Lipinski definition) is 2. The molecule has 3 aromatic rings. The van der Waals surface area contributed by atoms with Gasteiger partial charge in [-0.3, -0.25) is 4.79 Å². The summed E-state index contributed by atoms with van der Waals surface area (Å²) in [5.74, 6) is 0.308. The second-order valence-corrected chi connectivity index (χ2v) is 6.14. The predicted octanol–water partition coefficient (Wildman–Crippen LogP) is 3.51. The van der Waals surface area contributed by atoms with Crippen molar-refractivity contribution in [3.05, 3.63) is 83.1 Å². The van der Waals surface area contributed by atoms with Crippen LogP contribution in [0.3, 0.4) is 0 Å². The summed E-state index contributed by atoms with van der Waals surface area (Å²) in [6.07, 6.45) is 0.585. The lowest BCUT2D eigenvalue weighted by molar-refractivity contribution is 0.0949. The van der Waals surface area contributed by atoms with Crippen LogP contribution in [0.4, 0.5) is 15.9 Å². The van der Waals surface area contributed by atoms with Gasteiger partial charge in [-0.25, -0.2) is 14.4 Å². The number of benzene rings is 2. The number of nitrogens with one attached hydrogen (secondary N) is 2. The highest BCUT2D eigenvalue weighted by Gasteiger charge is 2.10. The number of anilines is 2. The molecule has 140 valence electrons. The lowest BCUT2D eigenvalue weighted by Gasteiger charge is -2.09. The van der Waals surface area contributed by atoms with Crippen molar-refractivity contribution in [2.45, 2.75) is 13.3 Å². The minimum absolute atomic E-state index is 0.241. The zero-order valence-corrected chi connectivity index (χ0v) is 15.2. The highest BCUT2D eigenvalue weighted by Crippen LogP contribution is 2.17. The molecule has 0 unspecified atom stereocenters. The number of carbonyl (C=O) groups is 1. The monoisotopic (exact) mass is 375 g/mol. The highest BCUT2D eigenvalue weighted by atomic mass is 19.1. The van der Waals surface area contributed by atoms with Gasteiger partial charge in [-0.15, -0.1) is 0 Å². The second kappa shape index (κ2) is 8.73. The van der Waals surface area contributed by atoms with Gasteiger partial charge < -0.3 is 10.6 Å². The SMILES string of the molecule is Cc1nc(Nc2cccc(C#N)c2)cc(C(=O)NCCc2ccc(F)cc2)n1. The summed E-state index contributed by atoms with van der Waals surface area (Å²) >= 11 is 0. The maximum absolute atomic E-state index is 12.9. The Morgan fingerprint density at radius 2 is 1.93 bits per heavy atom. The van der Waals surface area contributed by atoms with Gasteiger partial charge in [0.15, 0.2) is 0 Å². The normalized spacial score (nSPS) is 10.2. The molecule has 0 aliphatic carbocycles. The Morgan fingerprint density at radius 1 is 1.14 bits per heavy atom. The summed E-state index contributed by atoms with van der Waals surface area (Å²) in [5.41, 5.74) is 2.39. The topological polar surface area (TPSA) is 90.7 Å². The van der Waals surface area contributed by atoms with Crippen LogP contribution >= 0.6 is 0 Å². The molecule has 7 heteroatoms. The van der Waals surface area contributed by atoms with E-state index in [1.54, 1.807) is 49.4 Å². The van der Waals surface area contributed by atoms with Gasteiger partial charge in [0.2, 0.25) is 0 Å². The Hall–Kier alpha value is -3.79. The molecule has 1 amide bonds. The number of carbonyl (C=O) groups excluding carboxylic acids is 1. The first kappa shape index (κ1) is 19.0. The Kier molecular flexibility index (Phi) is 5.92. The molecule has 0 atom stereocenters. The lowest BCUT2D eigenvalue weighted by atomic mass is 10.1. The molecule has 0 radical (unpaired) electrons. The molecule has 0 aliphatic rings. The van der Waals surface area contributed by atoms with Crippen molar-refractivity contribution < 1.29 is 9.18 Å². The molecule has 3 rings (SSSR count). The molecule has 0 aliphatic heterocycles. The van der Waals surface area contributed by atoms with Crippen molar-refractivity contribution in [2.75, 3.05) is 11.9 Å². The zero-order chi connectivity index (χ0) is 19.9. The molecule has 0 saturated heterocycles. The zero-order valence-electron chi connectivity index (χ0n) is 15.2. The Labute approximate surface area is 162 Å². The molecule has 1 heterocycles. The first-order valence-electron chi connectivity index (χ1n) is 8.69. The fourth-order valence-electron chi connectivity index (χ4n) is 2.62. The molecule has 0 spiro atoms. The third kappa shape index (κ3) is 5.11. The summed E-state index contributed by atoms with van der Waals surface area (Å²) in [5, 5.41) is 14.9. The fraction of sp³-hybridized carbons (Fsp3) is 0.143. The number of amides is 1. The van der Waals surface area contributed by atoms with Crippen LogP contribution in [0.5, 0.6) is 0 Å². The summed E-state index contributed by atoms with van der Waals surface area (Å²) in [4.78, 5) is 20.9. The van der Waals surface area contributed by atoms with E-state index in [1.165, 1.54) is 12.1 Å². The van der Waals surface area contributed by atoms with E-state index >= 15 is 0 Å². The molecule has 2 aromatic carbocycles. The molecule has 6 nitrogen and oxygen atoms in total. The van der Waals surface area contributed by atoms with Gasteiger partial charge in [0.05, 0.1) is 11.6 Å². The maximum Gasteiger partial charge on any atom is 0.270 e. The average Bonchev–Trinajstić information content (AvgIpc) is 2.69. The van der Waals surface area contributed by atoms with Crippen LogP contribution in [0.2, 0.25) is 0 Å². The molecular formula is C21H18FN5O. The summed E-state index contributed by atoms with van der Waals surface area (Å²) in [6, 6.07) is 16.8. The van der Waals surface area contributed by atoms with Crippen molar-refractivity contribution in [1.82, 2.24) is 15.3 Å². The van der Waals surface area contributed by atoms with Gasteiger partial charge in [-0.2, -0.15) is 5.26 Å². The second-order valence-electron chi connectivity index (χ2n) is 6.14. The van der Waals surface area contributed by atoms with Crippen LogP contribution < -0.4 is 10.6 Å². The van der Waals surface area contributed by atoms with Crippen molar-refractivity contribution in [2.24, 2.45) is 0 Å². The summed E-state index contributed by atoms with van der Waals surface area (Å²) in [7, 11) is 0. The minimum atomic E-state index is -0.318. The van der Waals surface area contributed by atoms with Crippen LogP contribution in [0.15, 0.2) is 54.6 Å². The van der Waals surface area contributed by atoms with E-state index in [4.69, 9.17) is 5.26 Å². The van der Waals surface area contributed by atoms with Gasteiger partial charge >= 0.3 is 0 Å². The number of aryl methyl sites for hydroxylation is 1. The van der Waals surface area contributed by atoms with Crippen LogP contribution in [0.25, 0.3) is 0 Å². The van der Waals surface area contributed by atoms with Crippen LogP contribution in [-0.4, -0.2) is 22.4 Å². The molecule has 1 aromatic heterocycles. The highest BCUT2D eigenvalue weighted by molar-refractivity contribution is 5.93. The van der Waals surface area contributed by atoms with Crippen molar-refractivity contribution in [1.29, 1.82) is 5.26 Å². The number of rotatable bonds is 6. The predicted molar refractivity (Wildman–Crippen MR) is 104 cm³/mol. The average molecular weight is 375 g/mol.